The second kappa shape index (κ2) is 11.9. The zero-order chi connectivity index (χ0) is 27.4. The molecule has 2 saturated heterocycles. The molecule has 4 rings (SSSR count). The van der Waals surface area contributed by atoms with Crippen LogP contribution < -0.4 is 9.64 Å². The fourth-order valence-electron chi connectivity index (χ4n) is 5.35. The lowest BCUT2D eigenvalue weighted by molar-refractivity contribution is 0.0105. The van der Waals surface area contributed by atoms with E-state index in [0.717, 1.165) is 30.8 Å². The van der Waals surface area contributed by atoms with Gasteiger partial charge in [-0.15, -0.1) is 0 Å². The smallest absolute Gasteiger partial charge is 0.410 e. The molecular weight excluding hydrogens is 492 g/mol. The molecular formula is C26H42N6O6. The largest absolute Gasteiger partial charge is 0.465 e. The third kappa shape index (κ3) is 6.76. The van der Waals surface area contributed by atoms with Crippen molar-refractivity contribution in [3.63, 3.8) is 0 Å². The number of carboxylic acid groups (broad SMARTS) is 1. The lowest BCUT2D eigenvalue weighted by Crippen LogP contribution is -2.57. The predicted molar refractivity (Wildman–Crippen MR) is 141 cm³/mol. The molecule has 0 spiro atoms. The van der Waals surface area contributed by atoms with E-state index in [1.165, 1.54) is 4.90 Å². The Morgan fingerprint density at radius 2 is 1.89 bits per heavy atom. The number of fused-ring (bicyclic) bond motifs is 1. The lowest BCUT2D eigenvalue weighted by atomic mass is 10.0. The Balaban J connectivity index is 1.59. The molecule has 2 fully saturated rings. The number of likely N-dealkylation sites (N-methyl/N-ethyl adjacent to an activating group) is 1. The topological polar surface area (TPSA) is 121 Å². The molecule has 0 saturated carbocycles. The number of hydrogen-bond acceptors (Lipinski definition) is 9. The monoisotopic (exact) mass is 534 g/mol. The van der Waals surface area contributed by atoms with Crippen LogP contribution in [0, 0.1) is 0 Å². The molecule has 1 N–H and O–H groups in total. The quantitative estimate of drug-likeness (QED) is 0.558. The summed E-state index contributed by atoms with van der Waals surface area (Å²) >= 11 is 0. The molecule has 1 aromatic rings. The maximum Gasteiger partial charge on any atom is 0.410 e. The summed E-state index contributed by atoms with van der Waals surface area (Å²) in [6.07, 6.45) is 2.09. The van der Waals surface area contributed by atoms with Crippen LogP contribution in [0.2, 0.25) is 0 Å². The zero-order valence-corrected chi connectivity index (χ0v) is 23.3. The van der Waals surface area contributed by atoms with Gasteiger partial charge in [-0.2, -0.15) is 9.97 Å². The standard InChI is InChI=1S/C26H42N6O6/c1-26(2,3)38-25(35)32-13-12-30(15-18(32)9-14-36-5)22-20-8-11-31(24(33)34)16-21(20)27-23(28-22)37-17-19-7-6-10-29(19)4/h18-19H,6-17H2,1-5H3,(H,33,34)/t18-,19-/m0/s1. The van der Waals surface area contributed by atoms with Crippen molar-refractivity contribution < 1.29 is 28.9 Å². The SMILES string of the molecule is COCC[C@H]1CN(c2nc(OC[C@@H]3CCCN3C)nc3c2CCN(C(=O)O)C3)CCN1C(=O)OC(C)(C)C. The fraction of sp³-hybridized carbons (Fsp3) is 0.769. The van der Waals surface area contributed by atoms with Gasteiger partial charge >= 0.3 is 18.2 Å². The number of anilines is 1. The van der Waals surface area contributed by atoms with E-state index in [2.05, 4.69) is 21.8 Å². The summed E-state index contributed by atoms with van der Waals surface area (Å²) in [4.78, 5) is 41.8. The summed E-state index contributed by atoms with van der Waals surface area (Å²) in [7, 11) is 3.74. The van der Waals surface area contributed by atoms with E-state index < -0.39 is 11.7 Å². The van der Waals surface area contributed by atoms with E-state index in [9.17, 15) is 14.7 Å². The number of likely N-dealkylation sites (tertiary alicyclic amines) is 1. The molecule has 12 heteroatoms. The summed E-state index contributed by atoms with van der Waals surface area (Å²) < 4.78 is 17.1. The van der Waals surface area contributed by atoms with Crippen LogP contribution in [0.25, 0.3) is 0 Å². The van der Waals surface area contributed by atoms with Gasteiger partial charge in [0.1, 0.15) is 18.0 Å². The third-order valence-corrected chi connectivity index (χ3v) is 7.44. The Labute approximate surface area is 224 Å². The molecule has 12 nitrogen and oxygen atoms in total. The second-order valence-corrected chi connectivity index (χ2v) is 11.4. The number of ether oxygens (including phenoxy) is 3. The van der Waals surface area contributed by atoms with Crippen molar-refractivity contribution >= 4 is 18.0 Å². The van der Waals surface area contributed by atoms with E-state index in [1.54, 1.807) is 12.0 Å². The molecule has 3 aliphatic heterocycles. The Bertz CT molecular complexity index is 1000. The van der Waals surface area contributed by atoms with E-state index in [-0.39, 0.29) is 24.7 Å². The summed E-state index contributed by atoms with van der Waals surface area (Å²) in [5.41, 5.74) is 1.05. The molecule has 1 aromatic heterocycles. The average Bonchev–Trinajstić information content (AvgIpc) is 3.28. The Hall–Kier alpha value is -2.86. The molecule has 0 bridgehead atoms. The van der Waals surface area contributed by atoms with Gasteiger partial charge in [-0.05, 0) is 60.0 Å². The number of rotatable bonds is 7. The first-order valence-electron chi connectivity index (χ1n) is 13.5. The molecule has 0 aromatic carbocycles. The van der Waals surface area contributed by atoms with Crippen LogP contribution in [0.15, 0.2) is 0 Å². The number of piperazine rings is 1. The van der Waals surface area contributed by atoms with E-state index in [4.69, 9.17) is 19.2 Å². The Kier molecular flexibility index (Phi) is 8.81. The van der Waals surface area contributed by atoms with Gasteiger partial charge in [0.25, 0.3) is 0 Å². The highest BCUT2D eigenvalue weighted by atomic mass is 16.6. The van der Waals surface area contributed by atoms with Gasteiger partial charge < -0.3 is 38.9 Å². The van der Waals surface area contributed by atoms with Crippen LogP contribution in [0.5, 0.6) is 6.01 Å². The lowest BCUT2D eigenvalue weighted by Gasteiger charge is -2.43. The maximum atomic E-state index is 13.0. The highest BCUT2D eigenvalue weighted by Gasteiger charge is 2.36. The number of hydrogen-bond donors (Lipinski definition) is 1. The third-order valence-electron chi connectivity index (χ3n) is 7.44. The van der Waals surface area contributed by atoms with Gasteiger partial charge in [0.15, 0.2) is 0 Å². The second-order valence-electron chi connectivity index (χ2n) is 11.4. The number of carbonyl (C=O) groups is 2. The molecule has 2 atom stereocenters. The van der Waals surface area contributed by atoms with Crippen LogP contribution in [0.3, 0.4) is 0 Å². The summed E-state index contributed by atoms with van der Waals surface area (Å²) in [5, 5.41) is 9.58. The minimum atomic E-state index is -0.962. The van der Waals surface area contributed by atoms with Crippen LogP contribution >= 0.6 is 0 Å². The number of carbonyl (C=O) groups excluding carboxylic acids is 1. The fourth-order valence-corrected chi connectivity index (χ4v) is 5.35. The molecule has 0 radical (unpaired) electrons. The number of methoxy groups -OCH3 is 1. The van der Waals surface area contributed by atoms with Gasteiger partial charge in [0, 0.05) is 51.5 Å². The van der Waals surface area contributed by atoms with Gasteiger partial charge in [-0.3, -0.25) is 0 Å². The van der Waals surface area contributed by atoms with Crippen LogP contribution in [0.1, 0.15) is 51.3 Å². The van der Waals surface area contributed by atoms with E-state index in [1.807, 2.05) is 20.8 Å². The van der Waals surface area contributed by atoms with Gasteiger partial charge in [0.05, 0.1) is 18.3 Å². The highest BCUT2D eigenvalue weighted by molar-refractivity contribution is 5.69. The predicted octanol–water partition coefficient (Wildman–Crippen LogP) is 2.45. The first-order chi connectivity index (χ1) is 18.1. The maximum absolute atomic E-state index is 13.0. The number of nitrogens with zero attached hydrogens (tertiary/aromatic N) is 6. The normalized spacial score (nSPS) is 22.4. The molecule has 2 amide bonds. The molecule has 212 valence electrons. The minimum Gasteiger partial charge on any atom is -0.465 e. The van der Waals surface area contributed by atoms with E-state index >= 15 is 0 Å². The molecule has 38 heavy (non-hydrogen) atoms. The first kappa shape index (κ1) is 28.2. The van der Waals surface area contributed by atoms with Crippen LogP contribution in [0.4, 0.5) is 15.4 Å². The number of amides is 2. The van der Waals surface area contributed by atoms with Crippen molar-refractivity contribution in [3.8, 4) is 6.01 Å². The summed E-state index contributed by atoms with van der Waals surface area (Å²) in [5.74, 6) is 0.765. The van der Waals surface area contributed by atoms with Crippen molar-refractivity contribution in [1.29, 1.82) is 0 Å². The zero-order valence-electron chi connectivity index (χ0n) is 23.3. The molecule has 0 unspecified atom stereocenters. The summed E-state index contributed by atoms with van der Waals surface area (Å²) in [6, 6.07) is 0.457. The number of aromatic nitrogens is 2. The molecule has 3 aliphatic rings. The average molecular weight is 535 g/mol. The van der Waals surface area contributed by atoms with Crippen molar-refractivity contribution in [1.82, 2.24) is 24.7 Å². The highest BCUT2D eigenvalue weighted by Crippen LogP contribution is 2.31. The van der Waals surface area contributed by atoms with Gasteiger partial charge in [-0.1, -0.05) is 0 Å². The Morgan fingerprint density at radius 1 is 1.11 bits per heavy atom. The van der Waals surface area contributed by atoms with Crippen molar-refractivity contribution in [2.75, 3.05) is 65.0 Å². The first-order valence-corrected chi connectivity index (χ1v) is 13.5. The van der Waals surface area contributed by atoms with Crippen molar-refractivity contribution in [2.24, 2.45) is 0 Å². The van der Waals surface area contributed by atoms with E-state index in [0.29, 0.717) is 64.0 Å². The molecule has 0 aliphatic carbocycles. The van der Waals surface area contributed by atoms with Crippen molar-refractivity contribution in [2.45, 2.75) is 70.7 Å². The summed E-state index contributed by atoms with van der Waals surface area (Å²) in [6.45, 7) is 9.82. The van der Waals surface area contributed by atoms with Gasteiger partial charge in [0.2, 0.25) is 0 Å². The Morgan fingerprint density at radius 3 is 2.55 bits per heavy atom. The molecule has 4 heterocycles. The van der Waals surface area contributed by atoms with Crippen LogP contribution in [-0.4, -0.2) is 120 Å². The van der Waals surface area contributed by atoms with Crippen LogP contribution in [-0.2, 0) is 22.4 Å². The minimum absolute atomic E-state index is 0.125. The van der Waals surface area contributed by atoms with Crippen molar-refractivity contribution in [3.05, 3.63) is 11.3 Å². The van der Waals surface area contributed by atoms with Gasteiger partial charge in [-0.25, -0.2) is 9.59 Å².